The molecule has 2 aromatic rings. The summed E-state index contributed by atoms with van der Waals surface area (Å²) in [5.74, 6) is 1.35. The van der Waals surface area contributed by atoms with Crippen molar-refractivity contribution in [2.75, 3.05) is 18.0 Å². The number of H-pyrrole nitrogens is 1. The monoisotopic (exact) mass is 218 g/mol. The average Bonchev–Trinajstić information content (AvgIpc) is 2.81. The first-order valence-corrected chi connectivity index (χ1v) is 5.28. The summed E-state index contributed by atoms with van der Waals surface area (Å²) in [7, 11) is 0. The summed E-state index contributed by atoms with van der Waals surface area (Å²) >= 11 is 0. The molecule has 0 aliphatic rings. The second kappa shape index (κ2) is 4.69. The van der Waals surface area contributed by atoms with Crippen LogP contribution < -0.4 is 4.90 Å². The van der Waals surface area contributed by atoms with Gasteiger partial charge < -0.3 is 4.90 Å². The molecule has 0 spiro atoms. The maximum absolute atomic E-state index is 4.38. The van der Waals surface area contributed by atoms with Crippen molar-refractivity contribution in [3.8, 4) is 11.5 Å². The van der Waals surface area contributed by atoms with E-state index in [4.69, 9.17) is 0 Å². The van der Waals surface area contributed by atoms with Crippen LogP contribution in [0, 0.1) is 0 Å². The minimum absolute atomic E-state index is 0.648. The molecule has 0 unspecified atom stereocenters. The van der Waals surface area contributed by atoms with Gasteiger partial charge in [-0.15, -0.1) is 5.10 Å². The lowest BCUT2D eigenvalue weighted by Crippen LogP contribution is -2.23. The number of hydrogen-bond donors (Lipinski definition) is 1. The molecule has 2 heterocycles. The van der Waals surface area contributed by atoms with Crippen molar-refractivity contribution in [3.63, 3.8) is 0 Å². The average molecular weight is 218 g/mol. The van der Waals surface area contributed by atoms with Crippen LogP contribution in [0.3, 0.4) is 0 Å². The van der Waals surface area contributed by atoms with E-state index in [1.54, 1.807) is 18.6 Å². The van der Waals surface area contributed by atoms with Gasteiger partial charge >= 0.3 is 0 Å². The van der Waals surface area contributed by atoms with Gasteiger partial charge in [-0.05, 0) is 13.8 Å². The predicted molar refractivity (Wildman–Crippen MR) is 61.0 cm³/mol. The lowest BCUT2D eigenvalue weighted by atomic mass is 10.4. The highest BCUT2D eigenvalue weighted by molar-refractivity contribution is 5.49. The Morgan fingerprint density at radius 3 is 2.69 bits per heavy atom. The number of aromatic nitrogens is 5. The molecule has 6 nitrogen and oxygen atoms in total. The normalized spacial score (nSPS) is 10.4. The van der Waals surface area contributed by atoms with E-state index >= 15 is 0 Å². The molecule has 6 heteroatoms. The Balaban J connectivity index is 2.26. The number of nitrogens with one attached hydrogen (secondary N) is 1. The van der Waals surface area contributed by atoms with Gasteiger partial charge in [0.2, 0.25) is 5.95 Å². The van der Waals surface area contributed by atoms with E-state index in [2.05, 4.69) is 43.9 Å². The Hall–Kier alpha value is -1.98. The first-order chi connectivity index (χ1) is 7.85. The molecule has 0 atom stereocenters. The van der Waals surface area contributed by atoms with E-state index in [0.717, 1.165) is 13.1 Å². The minimum Gasteiger partial charge on any atom is -0.340 e. The van der Waals surface area contributed by atoms with E-state index in [1.807, 2.05) is 0 Å². The van der Waals surface area contributed by atoms with Gasteiger partial charge in [-0.3, -0.25) is 10.1 Å². The molecule has 0 saturated carbocycles. The molecule has 84 valence electrons. The van der Waals surface area contributed by atoms with Crippen LogP contribution in [0.25, 0.3) is 11.5 Å². The molecule has 0 radical (unpaired) electrons. The third-order valence-corrected chi connectivity index (χ3v) is 2.33. The van der Waals surface area contributed by atoms with Crippen molar-refractivity contribution < 1.29 is 0 Å². The van der Waals surface area contributed by atoms with Crippen molar-refractivity contribution in [2.24, 2.45) is 0 Å². The number of aromatic amines is 1. The van der Waals surface area contributed by atoms with Gasteiger partial charge in [0, 0.05) is 25.5 Å². The van der Waals surface area contributed by atoms with Crippen molar-refractivity contribution in [2.45, 2.75) is 13.8 Å². The first kappa shape index (κ1) is 10.5. The zero-order chi connectivity index (χ0) is 11.4. The standard InChI is InChI=1S/C10H14N6/c1-3-16(4-2)10-13-9(14-15-10)8-7-11-5-6-12-8/h5-7H,3-4H2,1-2H3,(H,13,14,15). The summed E-state index contributed by atoms with van der Waals surface area (Å²) in [6.45, 7) is 5.91. The molecule has 0 fully saturated rings. The van der Waals surface area contributed by atoms with E-state index in [1.165, 1.54) is 0 Å². The van der Waals surface area contributed by atoms with Gasteiger partial charge in [-0.2, -0.15) is 4.98 Å². The summed E-state index contributed by atoms with van der Waals surface area (Å²) in [5, 5.41) is 7.02. The fraction of sp³-hybridized carbons (Fsp3) is 0.400. The Morgan fingerprint density at radius 2 is 2.06 bits per heavy atom. The maximum atomic E-state index is 4.38. The molecule has 0 aromatic carbocycles. The van der Waals surface area contributed by atoms with E-state index < -0.39 is 0 Å². The molecular weight excluding hydrogens is 204 g/mol. The molecule has 0 saturated heterocycles. The molecule has 1 N–H and O–H groups in total. The van der Waals surface area contributed by atoms with Crippen LogP contribution in [-0.4, -0.2) is 38.2 Å². The van der Waals surface area contributed by atoms with Crippen molar-refractivity contribution >= 4 is 5.95 Å². The van der Waals surface area contributed by atoms with Gasteiger partial charge in [0.05, 0.1) is 6.20 Å². The van der Waals surface area contributed by atoms with Gasteiger partial charge in [-0.1, -0.05) is 0 Å². The number of nitrogens with zero attached hydrogens (tertiary/aromatic N) is 5. The summed E-state index contributed by atoms with van der Waals surface area (Å²) in [6.07, 6.45) is 4.92. The number of hydrogen-bond acceptors (Lipinski definition) is 5. The largest absolute Gasteiger partial charge is 0.340 e. The van der Waals surface area contributed by atoms with Crippen LogP contribution in [0.2, 0.25) is 0 Å². The van der Waals surface area contributed by atoms with E-state index in [9.17, 15) is 0 Å². The Kier molecular flexibility index (Phi) is 3.09. The summed E-state index contributed by atoms with van der Waals surface area (Å²) in [5.41, 5.74) is 0.702. The molecular formula is C10H14N6. The highest BCUT2D eigenvalue weighted by Gasteiger charge is 2.10. The zero-order valence-electron chi connectivity index (χ0n) is 9.38. The minimum atomic E-state index is 0.648. The van der Waals surface area contributed by atoms with Crippen LogP contribution >= 0.6 is 0 Å². The summed E-state index contributed by atoms with van der Waals surface area (Å²) < 4.78 is 0. The van der Waals surface area contributed by atoms with Crippen LogP contribution in [0.1, 0.15) is 13.8 Å². The molecule has 2 rings (SSSR count). The fourth-order valence-electron chi connectivity index (χ4n) is 1.44. The molecule has 16 heavy (non-hydrogen) atoms. The second-order valence-electron chi connectivity index (χ2n) is 3.25. The van der Waals surface area contributed by atoms with Gasteiger partial charge in [0.15, 0.2) is 5.82 Å². The fourth-order valence-corrected chi connectivity index (χ4v) is 1.44. The molecule has 0 aliphatic carbocycles. The molecule has 2 aromatic heterocycles. The summed E-state index contributed by atoms with van der Waals surface area (Å²) in [4.78, 5) is 14.6. The molecule has 0 bridgehead atoms. The van der Waals surface area contributed by atoms with Gasteiger partial charge in [0.25, 0.3) is 0 Å². The van der Waals surface area contributed by atoms with Crippen molar-refractivity contribution in [3.05, 3.63) is 18.6 Å². The molecule has 0 amide bonds. The zero-order valence-corrected chi connectivity index (χ0v) is 9.38. The van der Waals surface area contributed by atoms with Crippen LogP contribution in [0.15, 0.2) is 18.6 Å². The van der Waals surface area contributed by atoms with E-state index in [-0.39, 0.29) is 0 Å². The predicted octanol–water partition coefficient (Wildman–Crippen LogP) is 1.11. The smallest absolute Gasteiger partial charge is 0.245 e. The molecule has 0 aliphatic heterocycles. The van der Waals surface area contributed by atoms with Crippen molar-refractivity contribution in [1.82, 2.24) is 25.1 Å². The third kappa shape index (κ3) is 2.00. The van der Waals surface area contributed by atoms with Crippen molar-refractivity contribution in [1.29, 1.82) is 0 Å². The Bertz CT molecular complexity index is 434. The summed E-state index contributed by atoms with van der Waals surface area (Å²) in [6, 6.07) is 0. The van der Waals surface area contributed by atoms with Crippen LogP contribution in [-0.2, 0) is 0 Å². The van der Waals surface area contributed by atoms with E-state index in [0.29, 0.717) is 17.5 Å². The highest BCUT2D eigenvalue weighted by Crippen LogP contribution is 2.13. The maximum Gasteiger partial charge on any atom is 0.245 e. The van der Waals surface area contributed by atoms with Crippen LogP contribution in [0.5, 0.6) is 0 Å². The lowest BCUT2D eigenvalue weighted by Gasteiger charge is -2.14. The number of anilines is 1. The van der Waals surface area contributed by atoms with Gasteiger partial charge in [0.1, 0.15) is 5.69 Å². The highest BCUT2D eigenvalue weighted by atomic mass is 15.4. The van der Waals surface area contributed by atoms with Gasteiger partial charge in [-0.25, -0.2) is 4.98 Å². The SMILES string of the molecule is CCN(CC)c1n[nH]c(-c2cnccn2)n1. The Morgan fingerprint density at radius 1 is 1.25 bits per heavy atom. The first-order valence-electron chi connectivity index (χ1n) is 5.28. The Labute approximate surface area is 93.8 Å². The van der Waals surface area contributed by atoms with Crippen LogP contribution in [0.4, 0.5) is 5.95 Å². The topological polar surface area (TPSA) is 70.6 Å². The quantitative estimate of drug-likeness (QED) is 0.832. The lowest BCUT2D eigenvalue weighted by molar-refractivity contribution is 0.824. The third-order valence-electron chi connectivity index (χ3n) is 2.33. The number of rotatable bonds is 4. The second-order valence-corrected chi connectivity index (χ2v) is 3.25.